The second-order valence-corrected chi connectivity index (χ2v) is 5.90. The van der Waals surface area contributed by atoms with Crippen LogP contribution in [0, 0.1) is 0 Å². The standard InChI is InChI=1S/C11H18BrNS/c1-11(2,6-7-12)13-8-5-10-4-3-9-14-10/h3-4,9,13H,5-8H2,1-2H3. The van der Waals surface area contributed by atoms with Gasteiger partial charge in [0.05, 0.1) is 0 Å². The Hall–Kier alpha value is 0.140. The van der Waals surface area contributed by atoms with Crippen LogP contribution in [0.25, 0.3) is 0 Å². The van der Waals surface area contributed by atoms with Crippen molar-refractivity contribution in [3.8, 4) is 0 Å². The van der Waals surface area contributed by atoms with Gasteiger partial charge in [-0.2, -0.15) is 0 Å². The molecule has 1 aromatic rings. The molecule has 0 fully saturated rings. The number of hydrogen-bond acceptors (Lipinski definition) is 2. The first kappa shape index (κ1) is 12.2. The van der Waals surface area contributed by atoms with Gasteiger partial charge in [-0.1, -0.05) is 22.0 Å². The minimum absolute atomic E-state index is 0.251. The fraction of sp³-hybridized carbons (Fsp3) is 0.636. The molecule has 3 heteroatoms. The summed E-state index contributed by atoms with van der Waals surface area (Å²) < 4.78 is 0. The van der Waals surface area contributed by atoms with Crippen LogP contribution in [0.1, 0.15) is 25.1 Å². The third kappa shape index (κ3) is 4.58. The molecule has 0 saturated heterocycles. The fourth-order valence-corrected chi connectivity index (χ4v) is 3.00. The van der Waals surface area contributed by atoms with E-state index in [0.717, 1.165) is 24.7 Å². The van der Waals surface area contributed by atoms with Crippen molar-refractivity contribution in [3.63, 3.8) is 0 Å². The predicted molar refractivity (Wildman–Crippen MR) is 68.5 cm³/mol. The summed E-state index contributed by atoms with van der Waals surface area (Å²) in [5, 5.41) is 6.77. The van der Waals surface area contributed by atoms with Gasteiger partial charge in [0.15, 0.2) is 0 Å². The number of thiophene rings is 1. The van der Waals surface area contributed by atoms with E-state index in [1.165, 1.54) is 4.88 Å². The minimum atomic E-state index is 0.251. The molecule has 0 aliphatic carbocycles. The Kier molecular flexibility index (Phi) is 5.13. The zero-order chi connectivity index (χ0) is 10.4. The number of hydrogen-bond donors (Lipinski definition) is 1. The van der Waals surface area contributed by atoms with Crippen LogP contribution >= 0.6 is 27.3 Å². The third-order valence-corrected chi connectivity index (χ3v) is 3.61. The van der Waals surface area contributed by atoms with Crippen molar-refractivity contribution in [2.24, 2.45) is 0 Å². The van der Waals surface area contributed by atoms with E-state index in [1.54, 1.807) is 0 Å². The first-order valence-corrected chi connectivity index (χ1v) is 6.97. The van der Waals surface area contributed by atoms with E-state index in [1.807, 2.05) is 11.3 Å². The molecule has 1 heterocycles. The largest absolute Gasteiger partial charge is 0.311 e. The molecule has 0 spiro atoms. The number of nitrogens with one attached hydrogen (secondary N) is 1. The van der Waals surface area contributed by atoms with Crippen LogP contribution in [0.3, 0.4) is 0 Å². The molecule has 1 aromatic heterocycles. The highest BCUT2D eigenvalue weighted by atomic mass is 79.9. The normalized spacial score (nSPS) is 11.9. The summed E-state index contributed by atoms with van der Waals surface area (Å²) in [6.07, 6.45) is 2.31. The van der Waals surface area contributed by atoms with Gasteiger partial charge in [-0.05, 0) is 38.1 Å². The molecule has 0 bridgehead atoms. The summed E-state index contributed by atoms with van der Waals surface area (Å²) in [4.78, 5) is 1.46. The quantitative estimate of drug-likeness (QED) is 0.785. The van der Waals surface area contributed by atoms with E-state index in [2.05, 4.69) is 52.6 Å². The summed E-state index contributed by atoms with van der Waals surface area (Å²) in [6.45, 7) is 5.58. The van der Waals surface area contributed by atoms with Crippen LogP contribution in [0.5, 0.6) is 0 Å². The van der Waals surface area contributed by atoms with Crippen LogP contribution in [0.2, 0.25) is 0 Å². The second kappa shape index (κ2) is 5.89. The predicted octanol–water partition coefficient (Wildman–Crippen LogP) is 3.44. The number of alkyl halides is 1. The Balaban J connectivity index is 2.20. The Morgan fingerprint density at radius 2 is 2.29 bits per heavy atom. The monoisotopic (exact) mass is 275 g/mol. The van der Waals surface area contributed by atoms with Gasteiger partial charge < -0.3 is 5.32 Å². The lowest BCUT2D eigenvalue weighted by Gasteiger charge is -2.25. The molecular weight excluding hydrogens is 258 g/mol. The van der Waals surface area contributed by atoms with Crippen molar-refractivity contribution in [1.82, 2.24) is 5.32 Å². The molecule has 0 unspecified atom stereocenters. The molecule has 1 rings (SSSR count). The smallest absolute Gasteiger partial charge is 0.0133 e. The average Bonchev–Trinajstić information content (AvgIpc) is 2.56. The van der Waals surface area contributed by atoms with Gasteiger partial charge >= 0.3 is 0 Å². The Labute approximate surface area is 99.0 Å². The molecule has 0 amide bonds. The minimum Gasteiger partial charge on any atom is -0.311 e. The fourth-order valence-electron chi connectivity index (χ4n) is 1.30. The maximum absolute atomic E-state index is 3.57. The van der Waals surface area contributed by atoms with E-state index in [0.29, 0.717) is 0 Å². The Morgan fingerprint density at radius 3 is 2.86 bits per heavy atom. The molecule has 0 aromatic carbocycles. The molecule has 0 aliphatic rings. The molecule has 80 valence electrons. The van der Waals surface area contributed by atoms with Crippen LogP contribution < -0.4 is 5.32 Å². The Bertz CT molecular complexity index is 244. The van der Waals surface area contributed by atoms with Gasteiger partial charge in [-0.3, -0.25) is 0 Å². The van der Waals surface area contributed by atoms with Gasteiger partial charge in [-0.15, -0.1) is 11.3 Å². The maximum atomic E-state index is 3.57. The summed E-state index contributed by atoms with van der Waals surface area (Å²) in [7, 11) is 0. The summed E-state index contributed by atoms with van der Waals surface area (Å²) >= 11 is 5.32. The SMILES string of the molecule is CC(C)(CCBr)NCCc1cccs1. The summed E-state index contributed by atoms with van der Waals surface area (Å²) in [5.41, 5.74) is 0.251. The topological polar surface area (TPSA) is 12.0 Å². The van der Waals surface area contributed by atoms with Gasteiger partial charge in [0.2, 0.25) is 0 Å². The molecule has 0 saturated carbocycles. The first-order chi connectivity index (χ1) is 6.64. The van der Waals surface area contributed by atoms with Crippen molar-refractivity contribution in [2.75, 3.05) is 11.9 Å². The van der Waals surface area contributed by atoms with Crippen LogP contribution in [0.15, 0.2) is 17.5 Å². The average molecular weight is 276 g/mol. The molecule has 0 radical (unpaired) electrons. The van der Waals surface area contributed by atoms with Crippen molar-refractivity contribution >= 4 is 27.3 Å². The van der Waals surface area contributed by atoms with Crippen LogP contribution in [-0.4, -0.2) is 17.4 Å². The molecule has 14 heavy (non-hydrogen) atoms. The highest BCUT2D eigenvalue weighted by Crippen LogP contribution is 2.12. The van der Waals surface area contributed by atoms with E-state index in [9.17, 15) is 0 Å². The van der Waals surface area contributed by atoms with E-state index in [-0.39, 0.29) is 5.54 Å². The van der Waals surface area contributed by atoms with Crippen molar-refractivity contribution < 1.29 is 0 Å². The molecule has 0 atom stereocenters. The van der Waals surface area contributed by atoms with E-state index < -0.39 is 0 Å². The zero-order valence-corrected chi connectivity index (χ0v) is 11.2. The van der Waals surface area contributed by atoms with Crippen LogP contribution in [-0.2, 0) is 6.42 Å². The van der Waals surface area contributed by atoms with Crippen molar-refractivity contribution in [2.45, 2.75) is 32.2 Å². The number of halogens is 1. The molecule has 0 aliphatic heterocycles. The van der Waals surface area contributed by atoms with Crippen LogP contribution in [0.4, 0.5) is 0 Å². The zero-order valence-electron chi connectivity index (χ0n) is 8.85. The molecule has 1 N–H and O–H groups in total. The second-order valence-electron chi connectivity index (χ2n) is 4.08. The van der Waals surface area contributed by atoms with Gasteiger partial charge in [0.1, 0.15) is 0 Å². The highest BCUT2D eigenvalue weighted by molar-refractivity contribution is 9.09. The van der Waals surface area contributed by atoms with Crippen molar-refractivity contribution in [1.29, 1.82) is 0 Å². The van der Waals surface area contributed by atoms with Gasteiger partial charge in [0, 0.05) is 22.3 Å². The van der Waals surface area contributed by atoms with Gasteiger partial charge in [0.25, 0.3) is 0 Å². The van der Waals surface area contributed by atoms with Crippen molar-refractivity contribution in [3.05, 3.63) is 22.4 Å². The number of rotatable bonds is 6. The maximum Gasteiger partial charge on any atom is 0.0133 e. The van der Waals surface area contributed by atoms with E-state index >= 15 is 0 Å². The summed E-state index contributed by atoms with van der Waals surface area (Å²) in [5.74, 6) is 0. The van der Waals surface area contributed by atoms with Gasteiger partial charge in [-0.25, -0.2) is 0 Å². The lowest BCUT2D eigenvalue weighted by molar-refractivity contribution is 0.383. The third-order valence-electron chi connectivity index (χ3n) is 2.27. The first-order valence-electron chi connectivity index (χ1n) is 4.97. The van der Waals surface area contributed by atoms with E-state index in [4.69, 9.17) is 0 Å². The molecule has 1 nitrogen and oxygen atoms in total. The summed E-state index contributed by atoms with van der Waals surface area (Å²) in [6, 6.07) is 4.31. The highest BCUT2D eigenvalue weighted by Gasteiger charge is 2.14. The Morgan fingerprint density at radius 1 is 1.50 bits per heavy atom. The molecular formula is C11H18BrNS. The lowest BCUT2D eigenvalue weighted by Crippen LogP contribution is -2.40. The lowest BCUT2D eigenvalue weighted by atomic mass is 10.0.